The minimum Gasteiger partial charge on any atom is -0.619 e. The first kappa shape index (κ1) is 19.6. The van der Waals surface area contributed by atoms with Crippen molar-refractivity contribution in [1.82, 2.24) is 10.6 Å². The standard InChI is InChI=1S/2C6H7NO.C4H4N2O3/c2*1-6-2-4-7(8)5-3-6;7-2-1-3(8)6-4(9)5-2/h2*2-5H,1H3;1H2,(H2,5,6,7,8,9). The largest absolute Gasteiger partial charge is 0.619 e. The van der Waals surface area contributed by atoms with Gasteiger partial charge in [-0.2, -0.15) is 9.46 Å². The molecule has 3 heterocycles. The average Bonchev–Trinajstić information content (AvgIpc) is 2.53. The van der Waals surface area contributed by atoms with E-state index >= 15 is 0 Å². The smallest absolute Gasteiger partial charge is 0.328 e. The van der Waals surface area contributed by atoms with Gasteiger partial charge in [0, 0.05) is 24.3 Å². The maximum absolute atomic E-state index is 10.3. The summed E-state index contributed by atoms with van der Waals surface area (Å²) in [5, 5.41) is 24.5. The predicted octanol–water partition coefficient (Wildman–Crippen LogP) is -0.000660. The highest BCUT2D eigenvalue weighted by atomic mass is 16.5. The summed E-state index contributed by atoms with van der Waals surface area (Å²) in [4.78, 5) is 30.8. The summed E-state index contributed by atoms with van der Waals surface area (Å²) in [5.74, 6) is -1.10. The molecule has 9 nitrogen and oxygen atoms in total. The van der Waals surface area contributed by atoms with E-state index in [0.29, 0.717) is 0 Å². The molecule has 0 radical (unpaired) electrons. The number of carbonyl (C=O) groups excluding carboxylic acids is 3. The Hall–Kier alpha value is -3.49. The van der Waals surface area contributed by atoms with Crippen LogP contribution < -0.4 is 20.1 Å². The summed E-state index contributed by atoms with van der Waals surface area (Å²) in [5.41, 5.74) is 2.22. The van der Waals surface area contributed by atoms with Crippen LogP contribution in [0.3, 0.4) is 0 Å². The van der Waals surface area contributed by atoms with E-state index < -0.39 is 17.8 Å². The summed E-state index contributed by atoms with van der Waals surface area (Å²) >= 11 is 0. The number of barbiturate groups is 1. The van der Waals surface area contributed by atoms with Gasteiger partial charge in [-0.25, -0.2) is 4.79 Å². The first-order chi connectivity index (χ1) is 11.8. The molecule has 0 aromatic carbocycles. The van der Waals surface area contributed by atoms with Crippen LogP contribution in [-0.4, -0.2) is 17.8 Å². The van der Waals surface area contributed by atoms with E-state index in [1.54, 1.807) is 24.3 Å². The van der Waals surface area contributed by atoms with E-state index in [9.17, 15) is 24.8 Å². The number of amides is 4. The van der Waals surface area contributed by atoms with Crippen LogP contribution in [0.1, 0.15) is 17.5 Å². The molecule has 1 saturated heterocycles. The molecule has 25 heavy (non-hydrogen) atoms. The molecule has 0 saturated carbocycles. The number of nitrogens with one attached hydrogen (secondary N) is 2. The average molecular weight is 346 g/mol. The van der Waals surface area contributed by atoms with Crippen molar-refractivity contribution in [2.75, 3.05) is 0 Å². The molecular weight excluding hydrogens is 328 g/mol. The molecule has 0 atom stereocenters. The van der Waals surface area contributed by atoms with Gasteiger partial charge >= 0.3 is 6.03 Å². The SMILES string of the molecule is Cc1cc[n+]([O-])cc1.Cc1cc[n+]([O-])cc1.O=C1CC(=O)NC(=O)N1. The summed E-state index contributed by atoms with van der Waals surface area (Å²) in [6.07, 6.45) is 5.67. The Morgan fingerprint density at radius 1 is 0.760 bits per heavy atom. The number of urea groups is 1. The third kappa shape index (κ3) is 8.65. The van der Waals surface area contributed by atoms with Crippen LogP contribution >= 0.6 is 0 Å². The van der Waals surface area contributed by atoms with Crippen LogP contribution in [0.25, 0.3) is 0 Å². The van der Waals surface area contributed by atoms with E-state index in [1.807, 2.05) is 24.5 Å². The van der Waals surface area contributed by atoms with Crippen molar-refractivity contribution in [2.45, 2.75) is 20.3 Å². The van der Waals surface area contributed by atoms with Crippen molar-refractivity contribution in [2.24, 2.45) is 0 Å². The number of rotatable bonds is 0. The summed E-state index contributed by atoms with van der Waals surface area (Å²) in [6, 6.07) is 6.34. The summed E-state index contributed by atoms with van der Waals surface area (Å²) < 4.78 is 1.54. The van der Waals surface area contributed by atoms with Crippen molar-refractivity contribution in [1.29, 1.82) is 0 Å². The Balaban J connectivity index is 0.000000188. The predicted molar refractivity (Wildman–Crippen MR) is 86.6 cm³/mol. The van der Waals surface area contributed by atoms with Crippen LogP contribution in [0.5, 0.6) is 0 Å². The van der Waals surface area contributed by atoms with Gasteiger partial charge in [-0.15, -0.1) is 0 Å². The molecule has 0 aliphatic carbocycles. The molecule has 0 spiro atoms. The fraction of sp³-hybridized carbons (Fsp3) is 0.188. The van der Waals surface area contributed by atoms with Gasteiger partial charge in [-0.05, 0) is 25.0 Å². The van der Waals surface area contributed by atoms with Crippen LogP contribution in [0, 0.1) is 24.3 Å². The molecule has 2 aromatic heterocycles. The monoisotopic (exact) mass is 346 g/mol. The minimum absolute atomic E-state index is 0.258. The van der Waals surface area contributed by atoms with E-state index in [2.05, 4.69) is 0 Å². The van der Waals surface area contributed by atoms with Crippen molar-refractivity contribution in [3.05, 3.63) is 70.6 Å². The normalized spacial score (nSPS) is 12.6. The van der Waals surface area contributed by atoms with Gasteiger partial charge in [0.1, 0.15) is 6.42 Å². The Morgan fingerprint density at radius 3 is 1.32 bits per heavy atom. The van der Waals surface area contributed by atoms with Crippen LogP contribution in [0.4, 0.5) is 4.79 Å². The fourth-order valence-corrected chi connectivity index (χ4v) is 1.49. The number of imide groups is 2. The maximum atomic E-state index is 10.3. The molecule has 1 aliphatic rings. The molecule has 3 rings (SSSR count). The van der Waals surface area contributed by atoms with Crippen LogP contribution in [0.15, 0.2) is 49.1 Å². The second-order valence-corrected chi connectivity index (χ2v) is 5.07. The molecule has 4 amide bonds. The van der Waals surface area contributed by atoms with Crippen LogP contribution in [-0.2, 0) is 9.59 Å². The number of pyridine rings is 2. The molecular formula is C16H18N4O5. The van der Waals surface area contributed by atoms with Gasteiger partial charge < -0.3 is 10.4 Å². The molecule has 0 bridgehead atoms. The molecule has 9 heteroatoms. The van der Waals surface area contributed by atoms with Gasteiger partial charge in [0.2, 0.25) is 11.8 Å². The summed E-state index contributed by atoms with van der Waals surface area (Å²) in [6.45, 7) is 3.89. The number of hydrogen-bond acceptors (Lipinski definition) is 5. The van der Waals surface area contributed by atoms with Gasteiger partial charge in [-0.3, -0.25) is 20.2 Å². The zero-order valence-corrected chi connectivity index (χ0v) is 13.8. The third-order valence-corrected chi connectivity index (χ3v) is 2.76. The quantitative estimate of drug-likeness (QED) is 0.394. The highest BCUT2D eigenvalue weighted by Gasteiger charge is 2.20. The Labute approximate surface area is 144 Å². The lowest BCUT2D eigenvalue weighted by molar-refractivity contribution is -0.605. The zero-order chi connectivity index (χ0) is 18.8. The van der Waals surface area contributed by atoms with Crippen molar-refractivity contribution >= 4 is 17.8 Å². The topological polar surface area (TPSA) is 129 Å². The molecule has 2 aromatic rings. The van der Waals surface area contributed by atoms with E-state index in [-0.39, 0.29) is 6.42 Å². The van der Waals surface area contributed by atoms with Gasteiger partial charge in [-0.1, -0.05) is 0 Å². The maximum Gasteiger partial charge on any atom is 0.328 e. The molecule has 2 N–H and O–H groups in total. The highest BCUT2D eigenvalue weighted by Crippen LogP contribution is 1.88. The van der Waals surface area contributed by atoms with E-state index in [0.717, 1.165) is 20.6 Å². The highest BCUT2D eigenvalue weighted by molar-refractivity contribution is 6.14. The third-order valence-electron chi connectivity index (χ3n) is 2.76. The van der Waals surface area contributed by atoms with Crippen molar-refractivity contribution in [3.63, 3.8) is 0 Å². The number of carbonyl (C=O) groups is 3. The van der Waals surface area contributed by atoms with Gasteiger partial charge in [0.15, 0.2) is 24.8 Å². The Kier molecular flexibility index (Phi) is 7.51. The molecule has 0 unspecified atom stereocenters. The zero-order valence-electron chi connectivity index (χ0n) is 13.8. The Bertz CT molecular complexity index is 598. The summed E-state index contributed by atoms with van der Waals surface area (Å²) in [7, 11) is 0. The lowest BCUT2D eigenvalue weighted by Crippen LogP contribution is -2.49. The van der Waals surface area contributed by atoms with Gasteiger partial charge in [0.05, 0.1) is 0 Å². The van der Waals surface area contributed by atoms with Crippen molar-refractivity contribution < 1.29 is 23.8 Å². The number of aromatic nitrogens is 2. The molecule has 132 valence electrons. The lowest BCUT2D eigenvalue weighted by Gasteiger charge is -2.09. The van der Waals surface area contributed by atoms with E-state index in [4.69, 9.17) is 0 Å². The second-order valence-electron chi connectivity index (χ2n) is 5.07. The number of nitrogens with zero attached hydrogens (tertiary/aromatic N) is 2. The number of hydrogen-bond donors (Lipinski definition) is 2. The molecule has 1 fully saturated rings. The first-order valence-corrected chi connectivity index (χ1v) is 7.21. The lowest BCUT2D eigenvalue weighted by atomic mass is 10.3. The number of aryl methyl sites for hydroxylation is 2. The van der Waals surface area contributed by atoms with Crippen molar-refractivity contribution in [3.8, 4) is 0 Å². The molecule has 1 aliphatic heterocycles. The van der Waals surface area contributed by atoms with Crippen LogP contribution in [0.2, 0.25) is 0 Å². The minimum atomic E-state index is -0.740. The first-order valence-electron chi connectivity index (χ1n) is 7.21. The van der Waals surface area contributed by atoms with E-state index in [1.165, 1.54) is 24.8 Å². The van der Waals surface area contributed by atoms with Gasteiger partial charge in [0.25, 0.3) is 0 Å². The fourth-order valence-electron chi connectivity index (χ4n) is 1.49. The second kappa shape index (κ2) is 9.60. The Morgan fingerprint density at radius 2 is 1.08 bits per heavy atom.